The van der Waals surface area contributed by atoms with E-state index in [1.165, 1.54) is 12.1 Å². The monoisotopic (exact) mass is 367 g/mol. The quantitative estimate of drug-likeness (QED) is 0.628. The number of ether oxygens (including phenoxy) is 1. The predicted octanol–water partition coefficient (Wildman–Crippen LogP) is 2.79. The smallest absolute Gasteiger partial charge is 0.289 e. The number of carbonyl (C=O) groups is 2. The number of rotatable bonds is 5. The minimum absolute atomic E-state index is 0.0817. The van der Waals surface area contributed by atoms with Crippen LogP contribution in [0.5, 0.6) is 5.75 Å². The lowest BCUT2D eigenvalue weighted by molar-refractivity contribution is -0.123. The molecule has 2 aromatic rings. The summed E-state index contributed by atoms with van der Waals surface area (Å²) in [7, 11) is 0. The van der Waals surface area contributed by atoms with Gasteiger partial charge in [0, 0.05) is 0 Å². The van der Waals surface area contributed by atoms with Gasteiger partial charge in [-0.2, -0.15) is 0 Å². The minimum Gasteiger partial charge on any atom is -0.483 e. The second-order valence-electron chi connectivity index (χ2n) is 4.72. The van der Waals surface area contributed by atoms with Gasteiger partial charge in [0.25, 0.3) is 11.8 Å². The van der Waals surface area contributed by atoms with Gasteiger partial charge in [0.15, 0.2) is 6.61 Å². The third kappa shape index (κ3) is 4.84. The van der Waals surface area contributed by atoms with Crippen molar-refractivity contribution in [1.29, 1.82) is 0 Å². The Kier molecular flexibility index (Phi) is 6.40. The maximum atomic E-state index is 11.9. The fraction of sp³-hybridized carbons (Fsp3) is 0.188. The van der Waals surface area contributed by atoms with E-state index in [0.717, 1.165) is 12.0 Å². The maximum Gasteiger partial charge on any atom is 0.289 e. The van der Waals surface area contributed by atoms with E-state index in [2.05, 4.69) is 15.8 Å². The number of aromatic nitrogens is 1. The van der Waals surface area contributed by atoms with Gasteiger partial charge in [0.05, 0.1) is 5.02 Å². The minimum atomic E-state index is -0.676. The van der Waals surface area contributed by atoms with Crippen LogP contribution in [0, 0.1) is 0 Å². The van der Waals surface area contributed by atoms with Crippen LogP contribution < -0.4 is 15.6 Å². The first-order valence-corrected chi connectivity index (χ1v) is 7.88. The van der Waals surface area contributed by atoms with Crippen LogP contribution in [0.4, 0.5) is 0 Å². The highest BCUT2D eigenvalue weighted by atomic mass is 35.5. The molecular weight excluding hydrogens is 353 g/mol. The van der Waals surface area contributed by atoms with Crippen molar-refractivity contribution >= 4 is 35.0 Å². The van der Waals surface area contributed by atoms with E-state index < -0.39 is 11.8 Å². The number of aryl methyl sites for hydroxylation is 1. The van der Waals surface area contributed by atoms with E-state index in [9.17, 15) is 9.59 Å². The number of para-hydroxylation sites is 1. The van der Waals surface area contributed by atoms with E-state index in [4.69, 9.17) is 27.9 Å². The first-order valence-electron chi connectivity index (χ1n) is 7.13. The Morgan fingerprint density at radius 1 is 1.12 bits per heavy atom. The average molecular weight is 368 g/mol. The average Bonchev–Trinajstić information content (AvgIpc) is 2.60. The largest absolute Gasteiger partial charge is 0.483 e. The summed E-state index contributed by atoms with van der Waals surface area (Å²) in [6.45, 7) is 1.75. The zero-order valence-corrected chi connectivity index (χ0v) is 14.3. The first kappa shape index (κ1) is 18.0. The van der Waals surface area contributed by atoms with E-state index in [0.29, 0.717) is 5.75 Å². The summed E-state index contributed by atoms with van der Waals surface area (Å²) in [6, 6.07) is 10.3. The summed E-state index contributed by atoms with van der Waals surface area (Å²) in [5, 5.41) is 0.245. The Morgan fingerprint density at radius 3 is 2.62 bits per heavy atom. The van der Waals surface area contributed by atoms with E-state index >= 15 is 0 Å². The summed E-state index contributed by atoms with van der Waals surface area (Å²) < 4.78 is 5.44. The second kappa shape index (κ2) is 8.52. The molecule has 0 aliphatic rings. The van der Waals surface area contributed by atoms with Crippen LogP contribution >= 0.6 is 23.2 Å². The van der Waals surface area contributed by atoms with Gasteiger partial charge >= 0.3 is 0 Å². The maximum absolute atomic E-state index is 11.9. The number of pyridine rings is 1. The van der Waals surface area contributed by atoms with E-state index in [-0.39, 0.29) is 22.5 Å². The molecule has 0 unspecified atom stereocenters. The van der Waals surface area contributed by atoms with Crippen molar-refractivity contribution in [1.82, 2.24) is 15.8 Å². The Bertz CT molecular complexity index is 753. The highest BCUT2D eigenvalue weighted by Gasteiger charge is 2.14. The number of benzene rings is 1. The van der Waals surface area contributed by atoms with Crippen molar-refractivity contribution in [3.63, 3.8) is 0 Å². The predicted molar refractivity (Wildman–Crippen MR) is 91.2 cm³/mol. The molecule has 0 radical (unpaired) electrons. The van der Waals surface area contributed by atoms with Gasteiger partial charge in [0.1, 0.15) is 16.6 Å². The van der Waals surface area contributed by atoms with Crippen molar-refractivity contribution in [3.8, 4) is 5.75 Å². The number of hydrazine groups is 1. The SMILES string of the molecule is CCc1ccccc1OCC(=O)NNC(=O)c1nc(Cl)ccc1Cl. The summed E-state index contributed by atoms with van der Waals surface area (Å²) in [5.74, 6) is -0.571. The van der Waals surface area contributed by atoms with Crippen LogP contribution in [-0.2, 0) is 11.2 Å². The lowest BCUT2D eigenvalue weighted by atomic mass is 10.1. The van der Waals surface area contributed by atoms with Gasteiger partial charge in [-0.3, -0.25) is 20.4 Å². The molecule has 1 heterocycles. The number of carbonyl (C=O) groups excluding carboxylic acids is 2. The number of amides is 2. The molecule has 0 bridgehead atoms. The highest BCUT2D eigenvalue weighted by Crippen LogP contribution is 2.18. The standard InChI is InChI=1S/C16H15Cl2N3O3/c1-2-10-5-3-4-6-12(10)24-9-14(22)20-21-16(23)15-11(17)7-8-13(18)19-15/h3-8H,2,9H2,1H3,(H,20,22)(H,21,23). The van der Waals surface area contributed by atoms with Crippen molar-refractivity contribution in [2.24, 2.45) is 0 Å². The molecule has 2 amide bonds. The topological polar surface area (TPSA) is 80.3 Å². The van der Waals surface area contributed by atoms with Gasteiger partial charge < -0.3 is 4.74 Å². The Hall–Kier alpha value is -2.31. The third-order valence-corrected chi connectivity index (χ3v) is 3.57. The molecule has 0 aliphatic heterocycles. The molecule has 1 aromatic heterocycles. The van der Waals surface area contributed by atoms with Crippen LogP contribution in [0.3, 0.4) is 0 Å². The Labute approximate surface area is 149 Å². The van der Waals surface area contributed by atoms with Gasteiger partial charge in [-0.15, -0.1) is 0 Å². The molecule has 0 aliphatic carbocycles. The molecule has 6 nitrogen and oxygen atoms in total. The third-order valence-electron chi connectivity index (χ3n) is 3.05. The summed E-state index contributed by atoms with van der Waals surface area (Å²) in [5.41, 5.74) is 5.35. The summed E-state index contributed by atoms with van der Waals surface area (Å²) in [6.07, 6.45) is 0.785. The normalized spacial score (nSPS) is 10.1. The lowest BCUT2D eigenvalue weighted by Crippen LogP contribution is -2.44. The van der Waals surface area contributed by atoms with Gasteiger partial charge in [0.2, 0.25) is 0 Å². The zero-order chi connectivity index (χ0) is 17.5. The molecule has 1 aromatic carbocycles. The van der Waals surface area contributed by atoms with Gasteiger partial charge in [-0.25, -0.2) is 4.98 Å². The molecule has 0 fully saturated rings. The number of hydrogen-bond acceptors (Lipinski definition) is 4. The summed E-state index contributed by atoms with van der Waals surface area (Å²) in [4.78, 5) is 27.5. The number of nitrogens with zero attached hydrogens (tertiary/aromatic N) is 1. The van der Waals surface area contributed by atoms with Crippen LogP contribution in [-0.4, -0.2) is 23.4 Å². The van der Waals surface area contributed by atoms with Crippen molar-refractivity contribution in [2.45, 2.75) is 13.3 Å². The number of nitrogens with one attached hydrogen (secondary N) is 2. The molecule has 0 saturated heterocycles. The lowest BCUT2D eigenvalue weighted by Gasteiger charge is -2.11. The van der Waals surface area contributed by atoms with Crippen LogP contribution in [0.1, 0.15) is 23.0 Å². The Morgan fingerprint density at radius 2 is 1.88 bits per heavy atom. The summed E-state index contributed by atoms with van der Waals surface area (Å²) >= 11 is 11.6. The molecule has 0 atom stereocenters. The van der Waals surface area contributed by atoms with Crippen molar-refractivity contribution in [2.75, 3.05) is 6.61 Å². The highest BCUT2D eigenvalue weighted by molar-refractivity contribution is 6.34. The van der Waals surface area contributed by atoms with Crippen LogP contribution in [0.15, 0.2) is 36.4 Å². The number of halogens is 2. The van der Waals surface area contributed by atoms with Gasteiger partial charge in [-0.05, 0) is 30.2 Å². The second-order valence-corrected chi connectivity index (χ2v) is 5.51. The molecule has 0 spiro atoms. The molecule has 24 heavy (non-hydrogen) atoms. The van der Waals surface area contributed by atoms with E-state index in [1.54, 1.807) is 6.07 Å². The van der Waals surface area contributed by atoms with E-state index in [1.807, 2.05) is 25.1 Å². The molecule has 126 valence electrons. The van der Waals surface area contributed by atoms with Crippen LogP contribution in [0.2, 0.25) is 10.2 Å². The fourth-order valence-corrected chi connectivity index (χ4v) is 2.22. The molecule has 0 saturated carbocycles. The first-order chi connectivity index (χ1) is 11.5. The molecule has 8 heteroatoms. The van der Waals surface area contributed by atoms with Crippen molar-refractivity contribution < 1.29 is 14.3 Å². The Balaban J connectivity index is 1.87. The van der Waals surface area contributed by atoms with Crippen molar-refractivity contribution in [3.05, 3.63) is 57.8 Å². The van der Waals surface area contributed by atoms with Crippen LogP contribution in [0.25, 0.3) is 0 Å². The molecule has 2 rings (SSSR count). The molecular formula is C16H15Cl2N3O3. The fourth-order valence-electron chi connectivity index (χ4n) is 1.88. The number of hydrogen-bond donors (Lipinski definition) is 2. The molecule has 2 N–H and O–H groups in total. The van der Waals surface area contributed by atoms with Gasteiger partial charge in [-0.1, -0.05) is 48.3 Å². The zero-order valence-electron chi connectivity index (χ0n) is 12.8.